The molecule has 2 N–H and O–H groups in total. The summed E-state index contributed by atoms with van der Waals surface area (Å²) in [5.41, 5.74) is 5.57. The van der Waals surface area contributed by atoms with Gasteiger partial charge in [-0.3, -0.25) is 9.69 Å². The molecule has 0 aliphatic carbocycles. The summed E-state index contributed by atoms with van der Waals surface area (Å²) in [6.07, 6.45) is 0. The monoisotopic (exact) mass is 454 g/mol. The molecule has 3 aromatic rings. The first-order valence-electron chi connectivity index (χ1n) is 10.9. The smallest absolute Gasteiger partial charge is 0.243 e. The number of benzene rings is 2. The molecule has 32 heavy (non-hydrogen) atoms. The lowest BCUT2D eigenvalue weighted by atomic mass is 10.1. The second-order valence-electron chi connectivity index (χ2n) is 8.52. The molecule has 8 heteroatoms. The number of nitrogens with zero attached hydrogens (tertiary/aromatic N) is 2. The maximum absolute atomic E-state index is 12.8. The quantitative estimate of drug-likeness (QED) is 0.600. The molecule has 0 spiro atoms. The van der Waals surface area contributed by atoms with Crippen LogP contribution < -0.4 is 5.32 Å². The van der Waals surface area contributed by atoms with Crippen LogP contribution in [0.1, 0.15) is 22.4 Å². The number of piperazine rings is 1. The van der Waals surface area contributed by atoms with E-state index in [1.165, 1.54) is 15.3 Å². The standard InChI is InChI=1S/C24H30N4O3S/c1-17-4-7-21(8-5-17)32(30,31)28-12-10-27(11-13-28)16-24(29)25-15-20-6-9-23-22(14-20)18(2)19(3)26-23/h4-9,14,26H,10-13,15-16H2,1-3H3,(H,25,29). The molecule has 1 fully saturated rings. The zero-order valence-electron chi connectivity index (χ0n) is 18.8. The fourth-order valence-electron chi connectivity index (χ4n) is 4.07. The fraction of sp³-hybridized carbons (Fsp3) is 0.375. The minimum Gasteiger partial charge on any atom is -0.358 e. The van der Waals surface area contributed by atoms with Gasteiger partial charge >= 0.3 is 0 Å². The van der Waals surface area contributed by atoms with Crippen molar-refractivity contribution in [1.29, 1.82) is 0 Å². The third kappa shape index (κ3) is 4.72. The van der Waals surface area contributed by atoms with Crippen LogP contribution in [0.5, 0.6) is 0 Å². The van der Waals surface area contributed by atoms with Gasteiger partial charge in [0.25, 0.3) is 0 Å². The average molecular weight is 455 g/mol. The molecule has 4 rings (SSSR count). The van der Waals surface area contributed by atoms with Gasteiger partial charge in [-0.05, 0) is 56.2 Å². The molecule has 0 bridgehead atoms. The Kier molecular flexibility index (Phi) is 6.37. The minimum absolute atomic E-state index is 0.0538. The van der Waals surface area contributed by atoms with Crippen molar-refractivity contribution >= 4 is 26.8 Å². The first-order valence-corrected chi connectivity index (χ1v) is 12.3. The summed E-state index contributed by atoms with van der Waals surface area (Å²) in [5.74, 6) is -0.0538. The van der Waals surface area contributed by atoms with Crippen molar-refractivity contribution in [3.8, 4) is 0 Å². The minimum atomic E-state index is -3.49. The molecule has 0 saturated carbocycles. The van der Waals surface area contributed by atoms with E-state index in [1.807, 2.05) is 36.1 Å². The number of hydrogen-bond donors (Lipinski definition) is 2. The van der Waals surface area contributed by atoms with E-state index in [4.69, 9.17) is 0 Å². The highest BCUT2D eigenvalue weighted by Gasteiger charge is 2.28. The van der Waals surface area contributed by atoms with Gasteiger partial charge < -0.3 is 10.3 Å². The van der Waals surface area contributed by atoms with E-state index in [0.29, 0.717) is 37.6 Å². The van der Waals surface area contributed by atoms with Gasteiger partial charge in [0, 0.05) is 49.3 Å². The maximum atomic E-state index is 12.8. The molecule has 1 aliphatic rings. The van der Waals surface area contributed by atoms with E-state index >= 15 is 0 Å². The van der Waals surface area contributed by atoms with Gasteiger partial charge in [-0.25, -0.2) is 8.42 Å². The summed E-state index contributed by atoms with van der Waals surface area (Å²) < 4.78 is 27.2. The second-order valence-corrected chi connectivity index (χ2v) is 10.5. The first-order chi connectivity index (χ1) is 15.2. The number of amides is 1. The molecule has 0 radical (unpaired) electrons. The van der Waals surface area contributed by atoms with E-state index in [1.54, 1.807) is 12.1 Å². The molecule has 2 aromatic carbocycles. The van der Waals surface area contributed by atoms with Gasteiger partial charge in [-0.1, -0.05) is 23.8 Å². The first kappa shape index (κ1) is 22.5. The van der Waals surface area contributed by atoms with Crippen LogP contribution in [-0.4, -0.2) is 61.2 Å². The Morgan fingerprint density at radius 2 is 1.69 bits per heavy atom. The van der Waals surface area contributed by atoms with Crippen LogP contribution in [0.2, 0.25) is 0 Å². The lowest BCUT2D eigenvalue weighted by Gasteiger charge is -2.33. The summed E-state index contributed by atoms with van der Waals surface area (Å²) in [4.78, 5) is 18.1. The van der Waals surface area contributed by atoms with Crippen LogP contribution in [0.25, 0.3) is 10.9 Å². The van der Waals surface area contributed by atoms with Gasteiger partial charge in [-0.2, -0.15) is 4.31 Å². The molecular formula is C24H30N4O3S. The van der Waals surface area contributed by atoms with Crippen molar-refractivity contribution in [2.75, 3.05) is 32.7 Å². The Morgan fingerprint density at radius 3 is 2.38 bits per heavy atom. The number of carbonyl (C=O) groups excluding carboxylic acids is 1. The number of nitrogens with one attached hydrogen (secondary N) is 2. The van der Waals surface area contributed by atoms with Crippen LogP contribution in [0.3, 0.4) is 0 Å². The molecule has 0 atom stereocenters. The number of hydrogen-bond acceptors (Lipinski definition) is 4. The Bertz CT molecular complexity index is 1220. The Labute approximate surface area is 189 Å². The lowest BCUT2D eigenvalue weighted by molar-refractivity contribution is -0.122. The normalized spacial score (nSPS) is 15.8. The molecule has 2 heterocycles. The van der Waals surface area contributed by atoms with Crippen LogP contribution in [-0.2, 0) is 21.4 Å². The van der Waals surface area contributed by atoms with Crippen molar-refractivity contribution in [2.45, 2.75) is 32.2 Å². The van der Waals surface area contributed by atoms with Crippen LogP contribution in [0, 0.1) is 20.8 Å². The van der Waals surface area contributed by atoms with Crippen molar-refractivity contribution < 1.29 is 13.2 Å². The molecule has 1 aromatic heterocycles. The maximum Gasteiger partial charge on any atom is 0.243 e. The second kappa shape index (κ2) is 9.05. The van der Waals surface area contributed by atoms with Crippen molar-refractivity contribution in [2.24, 2.45) is 0 Å². The van der Waals surface area contributed by atoms with Gasteiger partial charge in [0.2, 0.25) is 15.9 Å². The van der Waals surface area contributed by atoms with E-state index in [9.17, 15) is 13.2 Å². The van der Waals surface area contributed by atoms with Gasteiger partial charge in [0.05, 0.1) is 11.4 Å². The number of aryl methyl sites for hydroxylation is 3. The van der Waals surface area contributed by atoms with Crippen molar-refractivity contribution in [1.82, 2.24) is 19.5 Å². The summed E-state index contributed by atoms with van der Waals surface area (Å²) >= 11 is 0. The Morgan fingerprint density at radius 1 is 1.00 bits per heavy atom. The third-order valence-corrected chi connectivity index (χ3v) is 8.13. The zero-order chi connectivity index (χ0) is 22.9. The highest BCUT2D eigenvalue weighted by molar-refractivity contribution is 7.89. The van der Waals surface area contributed by atoms with Crippen LogP contribution in [0.15, 0.2) is 47.4 Å². The van der Waals surface area contributed by atoms with Crippen LogP contribution in [0.4, 0.5) is 0 Å². The number of H-pyrrole nitrogens is 1. The lowest BCUT2D eigenvalue weighted by Crippen LogP contribution is -2.50. The average Bonchev–Trinajstić information content (AvgIpc) is 3.06. The molecular weight excluding hydrogens is 424 g/mol. The summed E-state index contributed by atoms with van der Waals surface area (Å²) in [5, 5.41) is 4.17. The summed E-state index contributed by atoms with van der Waals surface area (Å²) in [7, 11) is -3.49. The summed E-state index contributed by atoms with van der Waals surface area (Å²) in [6, 6.07) is 13.1. The highest BCUT2D eigenvalue weighted by Crippen LogP contribution is 2.22. The predicted molar refractivity (Wildman–Crippen MR) is 126 cm³/mol. The topological polar surface area (TPSA) is 85.5 Å². The van der Waals surface area contributed by atoms with E-state index in [0.717, 1.165) is 22.3 Å². The van der Waals surface area contributed by atoms with E-state index in [2.05, 4.69) is 30.2 Å². The number of aromatic nitrogens is 1. The third-order valence-electron chi connectivity index (χ3n) is 6.22. The number of carbonyl (C=O) groups is 1. The van der Waals surface area contributed by atoms with Gasteiger partial charge in [0.1, 0.15) is 0 Å². The number of rotatable bonds is 6. The molecule has 1 saturated heterocycles. The molecule has 0 unspecified atom stereocenters. The Balaban J connectivity index is 1.28. The van der Waals surface area contributed by atoms with Crippen LogP contribution >= 0.6 is 0 Å². The number of aromatic amines is 1. The predicted octanol–water partition coefficient (Wildman–Crippen LogP) is 2.72. The number of fused-ring (bicyclic) bond motifs is 1. The SMILES string of the molecule is Cc1ccc(S(=O)(=O)N2CCN(CC(=O)NCc3ccc4[nH]c(C)c(C)c4c3)CC2)cc1. The zero-order valence-corrected chi connectivity index (χ0v) is 19.6. The van der Waals surface area contributed by atoms with E-state index < -0.39 is 10.0 Å². The molecule has 7 nitrogen and oxygen atoms in total. The van der Waals surface area contributed by atoms with Gasteiger partial charge in [0.15, 0.2) is 0 Å². The Hall–Kier alpha value is -2.68. The van der Waals surface area contributed by atoms with Gasteiger partial charge in [-0.15, -0.1) is 0 Å². The molecule has 1 amide bonds. The van der Waals surface area contributed by atoms with Crippen molar-refractivity contribution in [3.05, 3.63) is 64.8 Å². The number of sulfonamides is 1. The van der Waals surface area contributed by atoms with Crippen molar-refractivity contribution in [3.63, 3.8) is 0 Å². The summed E-state index contributed by atoms with van der Waals surface area (Å²) in [6.45, 7) is 8.65. The fourth-order valence-corrected chi connectivity index (χ4v) is 5.49. The molecule has 170 valence electrons. The highest BCUT2D eigenvalue weighted by atomic mass is 32.2. The largest absolute Gasteiger partial charge is 0.358 e. The molecule has 1 aliphatic heterocycles. The van der Waals surface area contributed by atoms with E-state index in [-0.39, 0.29) is 12.5 Å².